The van der Waals surface area contributed by atoms with Crippen molar-refractivity contribution in [2.24, 2.45) is 22.2 Å². The highest BCUT2D eigenvalue weighted by Crippen LogP contribution is 2.63. The number of nitrogens with zero attached hydrogens (tertiary/aromatic N) is 3. The van der Waals surface area contributed by atoms with Crippen LogP contribution in [-0.4, -0.2) is 11.6 Å². The minimum Gasteiger partial charge on any atom is -0.293 e. The standard InChI is InChI=1S/C20H17N3O2/c1-18(2)15-4-5-20(11-23)8-12(9-21)14(24)6-16(20)19(15,3)7-13(10-22)17(18)25/h6-8,15H,4-5H2,1-3H3/t15-,19-,20-/m0/s1. The third-order valence-electron chi connectivity index (χ3n) is 6.13. The molecule has 0 saturated heterocycles. The van der Waals surface area contributed by atoms with Crippen LogP contribution in [-0.2, 0) is 9.59 Å². The van der Waals surface area contributed by atoms with Gasteiger partial charge in [-0.25, -0.2) is 0 Å². The highest BCUT2D eigenvalue weighted by Gasteiger charge is 2.60. The predicted molar refractivity (Wildman–Crippen MR) is 88.1 cm³/mol. The molecule has 0 aromatic carbocycles. The first kappa shape index (κ1) is 16.9. The first-order valence-corrected chi connectivity index (χ1v) is 8.15. The zero-order chi connectivity index (χ0) is 18.6. The summed E-state index contributed by atoms with van der Waals surface area (Å²) in [5.74, 6) is -0.744. The lowest BCUT2D eigenvalue weighted by Gasteiger charge is -2.55. The van der Waals surface area contributed by atoms with Crippen molar-refractivity contribution in [3.8, 4) is 18.2 Å². The minimum absolute atomic E-state index is 0.0250. The third kappa shape index (κ3) is 1.98. The molecule has 124 valence electrons. The first-order chi connectivity index (χ1) is 11.7. The molecular formula is C20H17N3O2. The van der Waals surface area contributed by atoms with Crippen LogP contribution in [0.15, 0.2) is 34.9 Å². The van der Waals surface area contributed by atoms with Crippen molar-refractivity contribution >= 4 is 11.6 Å². The number of carbonyl (C=O) groups is 2. The van der Waals surface area contributed by atoms with E-state index in [-0.39, 0.29) is 22.8 Å². The highest BCUT2D eigenvalue weighted by molar-refractivity contribution is 6.09. The molecule has 0 unspecified atom stereocenters. The van der Waals surface area contributed by atoms with E-state index in [9.17, 15) is 25.4 Å². The largest absolute Gasteiger partial charge is 0.293 e. The summed E-state index contributed by atoms with van der Waals surface area (Å²) in [5.41, 5.74) is -1.93. The van der Waals surface area contributed by atoms with Crippen LogP contribution in [0.4, 0.5) is 0 Å². The van der Waals surface area contributed by atoms with Gasteiger partial charge in [0.15, 0.2) is 11.6 Å². The number of allylic oxidation sites excluding steroid dienone is 6. The number of hydrogen-bond donors (Lipinski definition) is 0. The Hall–Kier alpha value is -2.97. The Kier molecular flexibility index (Phi) is 3.38. The molecule has 0 radical (unpaired) electrons. The van der Waals surface area contributed by atoms with Gasteiger partial charge in [0.1, 0.15) is 12.1 Å². The molecule has 3 aliphatic carbocycles. The first-order valence-electron chi connectivity index (χ1n) is 8.15. The number of nitriles is 3. The molecule has 0 bridgehead atoms. The molecule has 3 atom stereocenters. The van der Waals surface area contributed by atoms with Gasteiger partial charge in [-0.2, -0.15) is 15.8 Å². The van der Waals surface area contributed by atoms with Crippen LogP contribution in [0.1, 0.15) is 33.6 Å². The molecule has 1 saturated carbocycles. The number of carbonyl (C=O) groups excluding carboxylic acids is 2. The van der Waals surface area contributed by atoms with Gasteiger partial charge >= 0.3 is 0 Å². The van der Waals surface area contributed by atoms with E-state index in [4.69, 9.17) is 0 Å². The van der Waals surface area contributed by atoms with Crippen LogP contribution in [0.5, 0.6) is 0 Å². The third-order valence-corrected chi connectivity index (χ3v) is 6.13. The van der Waals surface area contributed by atoms with Crippen LogP contribution in [0.3, 0.4) is 0 Å². The summed E-state index contributed by atoms with van der Waals surface area (Å²) in [6, 6.07) is 6.13. The fourth-order valence-corrected chi connectivity index (χ4v) is 4.91. The van der Waals surface area contributed by atoms with Crippen molar-refractivity contribution in [1.82, 2.24) is 0 Å². The number of rotatable bonds is 0. The summed E-state index contributed by atoms with van der Waals surface area (Å²) in [7, 11) is 0. The van der Waals surface area contributed by atoms with Gasteiger partial charge in [-0.05, 0) is 36.5 Å². The molecule has 0 spiro atoms. The number of fused-ring (bicyclic) bond motifs is 3. The normalized spacial score (nSPS) is 35.7. The molecule has 3 rings (SSSR count). The lowest BCUT2D eigenvalue weighted by molar-refractivity contribution is -0.130. The Morgan fingerprint density at radius 1 is 1.04 bits per heavy atom. The van der Waals surface area contributed by atoms with Crippen LogP contribution in [0.2, 0.25) is 0 Å². The van der Waals surface area contributed by atoms with E-state index in [2.05, 4.69) is 6.07 Å². The molecule has 5 nitrogen and oxygen atoms in total. The zero-order valence-electron chi connectivity index (χ0n) is 14.4. The van der Waals surface area contributed by atoms with Gasteiger partial charge in [-0.15, -0.1) is 0 Å². The second-order valence-electron chi connectivity index (χ2n) is 7.77. The highest BCUT2D eigenvalue weighted by atomic mass is 16.1. The Balaban J connectivity index is 2.31. The Morgan fingerprint density at radius 2 is 1.68 bits per heavy atom. The lowest BCUT2D eigenvalue weighted by atomic mass is 9.45. The molecule has 0 aromatic rings. The van der Waals surface area contributed by atoms with Crippen LogP contribution in [0.25, 0.3) is 0 Å². The molecule has 1 fully saturated rings. The van der Waals surface area contributed by atoms with Gasteiger partial charge in [-0.1, -0.05) is 26.8 Å². The fourth-order valence-electron chi connectivity index (χ4n) is 4.91. The fraction of sp³-hybridized carbons (Fsp3) is 0.450. The Morgan fingerprint density at radius 3 is 2.24 bits per heavy atom. The second-order valence-corrected chi connectivity index (χ2v) is 7.77. The van der Waals surface area contributed by atoms with Crippen molar-refractivity contribution in [3.63, 3.8) is 0 Å². The van der Waals surface area contributed by atoms with E-state index in [1.165, 1.54) is 12.2 Å². The lowest BCUT2D eigenvalue weighted by Crippen LogP contribution is -2.53. The maximum Gasteiger partial charge on any atom is 0.196 e. The minimum atomic E-state index is -1.04. The molecule has 0 aromatic heterocycles. The van der Waals surface area contributed by atoms with Gasteiger partial charge in [0.05, 0.1) is 22.6 Å². The summed E-state index contributed by atoms with van der Waals surface area (Å²) >= 11 is 0. The maximum atomic E-state index is 12.7. The predicted octanol–water partition coefficient (Wildman–Crippen LogP) is 2.93. The zero-order valence-corrected chi connectivity index (χ0v) is 14.4. The molecule has 25 heavy (non-hydrogen) atoms. The van der Waals surface area contributed by atoms with E-state index in [0.717, 1.165) is 0 Å². The average molecular weight is 331 g/mol. The summed E-state index contributed by atoms with van der Waals surface area (Å²) in [6.07, 6.45) is 5.51. The van der Waals surface area contributed by atoms with Gasteiger partial charge in [0.25, 0.3) is 0 Å². The van der Waals surface area contributed by atoms with Crippen molar-refractivity contribution < 1.29 is 9.59 Å². The van der Waals surface area contributed by atoms with E-state index in [1.54, 1.807) is 6.08 Å². The van der Waals surface area contributed by atoms with Crippen molar-refractivity contribution in [2.75, 3.05) is 0 Å². The summed E-state index contributed by atoms with van der Waals surface area (Å²) in [6.45, 7) is 5.53. The molecule has 0 N–H and O–H groups in total. The Labute approximate surface area is 146 Å². The van der Waals surface area contributed by atoms with E-state index in [1.807, 2.05) is 32.9 Å². The summed E-state index contributed by atoms with van der Waals surface area (Å²) < 4.78 is 0. The van der Waals surface area contributed by atoms with Gasteiger partial charge in [0, 0.05) is 10.8 Å². The smallest absolute Gasteiger partial charge is 0.196 e. The van der Waals surface area contributed by atoms with Crippen molar-refractivity contribution in [3.05, 3.63) is 34.9 Å². The van der Waals surface area contributed by atoms with E-state index < -0.39 is 22.0 Å². The molecule has 3 aliphatic rings. The topological polar surface area (TPSA) is 106 Å². The van der Waals surface area contributed by atoms with Gasteiger partial charge < -0.3 is 0 Å². The molecule has 5 heteroatoms. The molecular weight excluding hydrogens is 314 g/mol. The van der Waals surface area contributed by atoms with E-state index in [0.29, 0.717) is 18.4 Å². The van der Waals surface area contributed by atoms with Crippen LogP contribution >= 0.6 is 0 Å². The van der Waals surface area contributed by atoms with Crippen LogP contribution < -0.4 is 0 Å². The number of hydrogen-bond acceptors (Lipinski definition) is 5. The Bertz CT molecular complexity index is 929. The van der Waals surface area contributed by atoms with Crippen LogP contribution in [0, 0.1) is 56.2 Å². The van der Waals surface area contributed by atoms with E-state index >= 15 is 0 Å². The molecule has 0 heterocycles. The SMILES string of the molecule is CC1(C)C(=O)C(C#N)=C[C@]2(C)C3=CC(=O)C(C#N)=C[C@]3(C#N)CC[C@@H]12. The average Bonchev–Trinajstić information content (AvgIpc) is 2.58. The quantitative estimate of drug-likeness (QED) is 0.678. The molecule has 0 amide bonds. The van der Waals surface area contributed by atoms with Crippen molar-refractivity contribution in [2.45, 2.75) is 33.6 Å². The summed E-state index contributed by atoms with van der Waals surface area (Å²) in [4.78, 5) is 25.0. The second kappa shape index (κ2) is 5.01. The van der Waals surface area contributed by atoms with Gasteiger partial charge in [-0.3, -0.25) is 9.59 Å². The monoisotopic (exact) mass is 331 g/mol. The summed E-state index contributed by atoms with van der Waals surface area (Å²) in [5, 5.41) is 28.5. The number of ketones is 2. The maximum absolute atomic E-state index is 12.7. The number of Topliss-reactive ketones (excluding diaryl/α,β-unsaturated/α-hetero) is 1. The van der Waals surface area contributed by atoms with Gasteiger partial charge in [0.2, 0.25) is 0 Å². The van der Waals surface area contributed by atoms with Crippen molar-refractivity contribution in [1.29, 1.82) is 15.8 Å². The molecule has 0 aliphatic heterocycles.